The molecule has 124 valence electrons. The summed E-state index contributed by atoms with van der Waals surface area (Å²) < 4.78 is 0. The molecule has 0 bridgehead atoms. The molecule has 3 aromatic rings. The molecule has 0 amide bonds. The fraction of sp³-hybridized carbons (Fsp3) is 0.118. The summed E-state index contributed by atoms with van der Waals surface area (Å²) >= 11 is 0. The highest BCUT2D eigenvalue weighted by atomic mass is 16.3. The lowest BCUT2D eigenvalue weighted by atomic mass is 9.85. The van der Waals surface area contributed by atoms with E-state index in [9.17, 15) is 14.7 Å². The van der Waals surface area contributed by atoms with Crippen molar-refractivity contribution < 1.29 is 14.7 Å². The zero-order valence-electron chi connectivity index (χ0n) is 12.9. The number of nitrogens with one attached hydrogen (secondary N) is 2. The predicted octanol–water partition coefficient (Wildman–Crippen LogP) is 0.827. The van der Waals surface area contributed by atoms with Crippen molar-refractivity contribution >= 4 is 17.3 Å². The molecular weight excluding hydrogens is 322 g/mol. The number of H-pyrrole nitrogens is 1. The minimum atomic E-state index is -1.32. The van der Waals surface area contributed by atoms with Crippen LogP contribution in [0.15, 0.2) is 48.5 Å². The molecule has 1 saturated carbocycles. The molecule has 25 heavy (non-hydrogen) atoms. The van der Waals surface area contributed by atoms with Crippen molar-refractivity contribution in [3.8, 4) is 22.5 Å². The lowest BCUT2D eigenvalue weighted by Gasteiger charge is -2.30. The first kappa shape index (κ1) is 15.2. The normalized spacial score (nSPS) is 19.6. The Morgan fingerprint density at radius 3 is 2.40 bits per heavy atom. The number of tetrazole rings is 1. The van der Waals surface area contributed by atoms with E-state index in [1.165, 1.54) is 0 Å². The Bertz CT molecular complexity index is 940. The monoisotopic (exact) mass is 335 g/mol. The maximum Gasteiger partial charge on any atom is 0.231 e. The first-order valence-electron chi connectivity index (χ1n) is 7.60. The van der Waals surface area contributed by atoms with Crippen molar-refractivity contribution in [3.05, 3.63) is 48.5 Å². The molecule has 0 radical (unpaired) electrons. The average molecular weight is 335 g/mol. The number of anilines is 1. The fourth-order valence-corrected chi connectivity index (χ4v) is 2.74. The Morgan fingerprint density at radius 1 is 0.960 bits per heavy atom. The zero-order valence-corrected chi connectivity index (χ0v) is 12.9. The van der Waals surface area contributed by atoms with E-state index in [0.717, 1.165) is 11.1 Å². The van der Waals surface area contributed by atoms with E-state index in [-0.39, 0.29) is 0 Å². The average Bonchev–Trinajstić information content (AvgIpc) is 3.20. The Morgan fingerprint density at radius 2 is 1.72 bits per heavy atom. The molecule has 2 atom stereocenters. The number of hydrogen-bond acceptors (Lipinski definition) is 7. The third-order valence-electron chi connectivity index (χ3n) is 4.08. The molecule has 2 unspecified atom stereocenters. The van der Waals surface area contributed by atoms with E-state index in [4.69, 9.17) is 0 Å². The number of carbonyl (C=O) groups is 2. The molecule has 1 aliphatic rings. The van der Waals surface area contributed by atoms with Gasteiger partial charge in [-0.25, -0.2) is 0 Å². The topological polar surface area (TPSA) is 121 Å². The van der Waals surface area contributed by atoms with E-state index in [2.05, 4.69) is 25.9 Å². The molecule has 8 heteroatoms. The zero-order chi connectivity index (χ0) is 17.4. The Hall–Kier alpha value is -3.39. The highest BCUT2D eigenvalue weighted by molar-refractivity contribution is 6.49. The van der Waals surface area contributed by atoms with Crippen LogP contribution in [0, 0.1) is 0 Å². The van der Waals surface area contributed by atoms with Crippen LogP contribution < -0.4 is 5.32 Å². The van der Waals surface area contributed by atoms with Gasteiger partial charge in [0.15, 0.2) is 0 Å². The summed E-state index contributed by atoms with van der Waals surface area (Å²) in [5, 5.41) is 26.5. The highest BCUT2D eigenvalue weighted by Gasteiger charge is 2.48. The first-order valence-corrected chi connectivity index (χ1v) is 7.60. The van der Waals surface area contributed by atoms with Gasteiger partial charge in [0.25, 0.3) is 0 Å². The molecule has 1 aromatic heterocycles. The highest BCUT2D eigenvalue weighted by Crippen LogP contribution is 2.30. The minimum absolute atomic E-state index is 0.400. The predicted molar refractivity (Wildman–Crippen MR) is 88.5 cm³/mol. The number of benzene rings is 2. The second-order valence-electron chi connectivity index (χ2n) is 5.70. The van der Waals surface area contributed by atoms with E-state index < -0.39 is 23.7 Å². The quantitative estimate of drug-likeness (QED) is 0.604. The maximum atomic E-state index is 11.6. The number of ketones is 2. The molecule has 1 aliphatic carbocycles. The van der Waals surface area contributed by atoms with Crippen LogP contribution in [0.1, 0.15) is 0 Å². The lowest BCUT2D eigenvalue weighted by Crippen LogP contribution is -2.61. The smallest absolute Gasteiger partial charge is 0.231 e. The number of hydrogen-bond donors (Lipinski definition) is 3. The van der Waals surface area contributed by atoms with Gasteiger partial charge in [-0.1, -0.05) is 30.3 Å². The molecule has 3 N–H and O–H groups in total. The standard InChI is InChI=1S/C17H13N5O3/c23-14-13(15(24)16(14)25)18-12-7-10(9-4-2-1-3-5-9)6-11(8-12)17-19-21-22-20-17/h1-8,13-14,18,23H,(H,19,20,21,22). The Kier molecular flexibility index (Phi) is 3.58. The molecule has 1 fully saturated rings. The number of aromatic amines is 1. The van der Waals surface area contributed by atoms with Crippen LogP contribution >= 0.6 is 0 Å². The van der Waals surface area contributed by atoms with Gasteiger partial charge in [0.1, 0.15) is 12.1 Å². The van der Waals surface area contributed by atoms with Crippen molar-refractivity contribution in [1.82, 2.24) is 20.6 Å². The number of nitrogens with zero attached hydrogens (tertiary/aromatic N) is 3. The number of carbonyl (C=O) groups excluding carboxylic acids is 2. The molecule has 1 heterocycles. The largest absolute Gasteiger partial charge is 0.382 e. The second kappa shape index (κ2) is 5.91. The summed E-state index contributed by atoms with van der Waals surface area (Å²) in [6.45, 7) is 0. The SMILES string of the molecule is O=C1C(=O)C(Nc2cc(-c3ccccc3)cc(-c3nn[nH]n3)c2)C1O. The van der Waals surface area contributed by atoms with Gasteiger partial charge >= 0.3 is 0 Å². The van der Waals surface area contributed by atoms with Crippen LogP contribution in [0.4, 0.5) is 5.69 Å². The Balaban J connectivity index is 1.74. The summed E-state index contributed by atoms with van der Waals surface area (Å²) in [5.41, 5.74) is 3.10. The van der Waals surface area contributed by atoms with Crippen LogP contribution in [-0.2, 0) is 9.59 Å². The molecule has 0 spiro atoms. The molecule has 4 rings (SSSR count). The van der Waals surface area contributed by atoms with E-state index in [1.807, 2.05) is 42.5 Å². The summed E-state index contributed by atoms with van der Waals surface area (Å²) in [5.74, 6) is -0.994. The van der Waals surface area contributed by atoms with Gasteiger partial charge < -0.3 is 10.4 Å². The summed E-state index contributed by atoms with van der Waals surface area (Å²) in [6.07, 6.45) is -1.32. The van der Waals surface area contributed by atoms with Crippen molar-refractivity contribution in [3.63, 3.8) is 0 Å². The number of aromatic nitrogens is 4. The van der Waals surface area contributed by atoms with Crippen molar-refractivity contribution in [1.29, 1.82) is 0 Å². The number of aliphatic hydroxyl groups is 1. The Labute approximate surface area is 141 Å². The van der Waals surface area contributed by atoms with Gasteiger partial charge in [-0.15, -0.1) is 10.2 Å². The van der Waals surface area contributed by atoms with Gasteiger partial charge in [0.05, 0.1) is 0 Å². The van der Waals surface area contributed by atoms with Gasteiger partial charge in [0.2, 0.25) is 17.4 Å². The summed E-state index contributed by atoms with van der Waals surface area (Å²) in [7, 11) is 0. The van der Waals surface area contributed by atoms with Crippen LogP contribution in [0.5, 0.6) is 0 Å². The van der Waals surface area contributed by atoms with Crippen LogP contribution in [-0.4, -0.2) is 49.4 Å². The number of Topliss-reactive ketones (excluding diaryl/α,β-unsaturated/α-hetero) is 2. The summed E-state index contributed by atoms with van der Waals surface area (Å²) in [4.78, 5) is 22.9. The summed E-state index contributed by atoms with van der Waals surface area (Å²) in [6, 6.07) is 14.2. The molecule has 0 aliphatic heterocycles. The third-order valence-corrected chi connectivity index (χ3v) is 4.08. The minimum Gasteiger partial charge on any atom is -0.382 e. The van der Waals surface area contributed by atoms with Gasteiger partial charge in [-0.05, 0) is 34.5 Å². The fourth-order valence-electron chi connectivity index (χ4n) is 2.74. The second-order valence-corrected chi connectivity index (χ2v) is 5.70. The van der Waals surface area contributed by atoms with E-state index >= 15 is 0 Å². The van der Waals surface area contributed by atoms with Crippen LogP contribution in [0.2, 0.25) is 0 Å². The maximum absolute atomic E-state index is 11.6. The van der Waals surface area contributed by atoms with Crippen molar-refractivity contribution in [2.24, 2.45) is 0 Å². The molecule has 8 nitrogen and oxygen atoms in total. The molecule has 2 aromatic carbocycles. The third kappa shape index (κ3) is 2.68. The number of aliphatic hydroxyl groups excluding tert-OH is 1. The van der Waals surface area contributed by atoms with Crippen molar-refractivity contribution in [2.45, 2.75) is 12.1 Å². The number of rotatable bonds is 4. The van der Waals surface area contributed by atoms with Gasteiger partial charge in [-0.3, -0.25) is 9.59 Å². The first-order chi connectivity index (χ1) is 12.1. The van der Waals surface area contributed by atoms with Crippen molar-refractivity contribution in [2.75, 3.05) is 5.32 Å². The molecular formula is C17H13N5O3. The van der Waals surface area contributed by atoms with Crippen LogP contribution in [0.25, 0.3) is 22.5 Å². The molecule has 0 saturated heterocycles. The van der Waals surface area contributed by atoms with Gasteiger partial charge in [-0.2, -0.15) is 5.21 Å². The van der Waals surface area contributed by atoms with Gasteiger partial charge in [0, 0.05) is 11.3 Å². The van der Waals surface area contributed by atoms with Crippen LogP contribution in [0.3, 0.4) is 0 Å². The van der Waals surface area contributed by atoms with E-state index in [0.29, 0.717) is 17.1 Å². The van der Waals surface area contributed by atoms with E-state index in [1.54, 1.807) is 6.07 Å². The lowest BCUT2D eigenvalue weighted by molar-refractivity contribution is -0.152.